The molecule has 1 unspecified atom stereocenters. The molecule has 0 aliphatic heterocycles. The highest BCUT2D eigenvalue weighted by molar-refractivity contribution is 5.94. The summed E-state index contributed by atoms with van der Waals surface area (Å²) >= 11 is 0. The predicted octanol–water partition coefficient (Wildman–Crippen LogP) is 5.49. The van der Waals surface area contributed by atoms with E-state index in [-0.39, 0.29) is 23.1 Å². The van der Waals surface area contributed by atoms with Gasteiger partial charge in [-0.15, -0.1) is 13.2 Å². The quantitative estimate of drug-likeness (QED) is 0.761. The van der Waals surface area contributed by atoms with Crippen LogP contribution in [0, 0.1) is 5.41 Å². The molecule has 0 spiro atoms. The Balaban J connectivity index is 2.20. The lowest BCUT2D eigenvalue weighted by molar-refractivity contribution is -0.274. The van der Waals surface area contributed by atoms with Crippen LogP contribution in [0.15, 0.2) is 54.6 Å². The van der Waals surface area contributed by atoms with Crippen molar-refractivity contribution in [3.8, 4) is 5.75 Å². The number of benzene rings is 2. The lowest BCUT2D eigenvalue weighted by Gasteiger charge is -2.27. The van der Waals surface area contributed by atoms with Crippen LogP contribution in [0.2, 0.25) is 0 Å². The van der Waals surface area contributed by atoms with Crippen molar-refractivity contribution in [2.24, 2.45) is 5.41 Å². The lowest BCUT2D eigenvalue weighted by atomic mass is 9.85. The van der Waals surface area contributed by atoms with Crippen LogP contribution in [0.4, 0.5) is 13.2 Å². The van der Waals surface area contributed by atoms with Crippen LogP contribution in [0.1, 0.15) is 49.2 Å². The van der Waals surface area contributed by atoms with Gasteiger partial charge in [-0.25, -0.2) is 0 Å². The first kappa shape index (κ1) is 19.8. The van der Waals surface area contributed by atoms with Crippen molar-refractivity contribution in [3.05, 3.63) is 65.7 Å². The molecule has 0 aromatic heterocycles. The van der Waals surface area contributed by atoms with E-state index in [0.717, 1.165) is 5.56 Å². The number of ether oxygens (including phenoxy) is 1. The third-order valence-electron chi connectivity index (χ3n) is 3.67. The van der Waals surface area contributed by atoms with Gasteiger partial charge < -0.3 is 10.1 Å². The second-order valence-electron chi connectivity index (χ2n) is 7.27. The van der Waals surface area contributed by atoms with Crippen LogP contribution in [0.5, 0.6) is 5.75 Å². The van der Waals surface area contributed by atoms with E-state index in [9.17, 15) is 18.0 Å². The van der Waals surface area contributed by atoms with E-state index in [1.54, 1.807) is 36.4 Å². The summed E-state index contributed by atoms with van der Waals surface area (Å²) < 4.78 is 40.8. The number of rotatable bonds is 5. The highest BCUT2D eigenvalue weighted by atomic mass is 19.4. The number of halogens is 3. The number of nitrogens with one attached hydrogen (secondary N) is 1. The fraction of sp³-hybridized carbons (Fsp3) is 0.350. The second-order valence-corrected chi connectivity index (χ2v) is 7.27. The molecule has 0 heterocycles. The van der Waals surface area contributed by atoms with Crippen molar-refractivity contribution in [2.45, 2.75) is 39.6 Å². The molecule has 0 saturated heterocycles. The van der Waals surface area contributed by atoms with Gasteiger partial charge in [0.2, 0.25) is 0 Å². The summed E-state index contributed by atoms with van der Waals surface area (Å²) in [7, 11) is 0. The Morgan fingerprint density at radius 3 is 2.08 bits per heavy atom. The van der Waals surface area contributed by atoms with Crippen molar-refractivity contribution in [3.63, 3.8) is 0 Å². The van der Waals surface area contributed by atoms with Gasteiger partial charge in [-0.2, -0.15) is 0 Å². The molecule has 0 bridgehead atoms. The first-order valence-electron chi connectivity index (χ1n) is 8.25. The Bertz CT molecular complexity index is 719. The van der Waals surface area contributed by atoms with Crippen LogP contribution in [-0.2, 0) is 0 Å². The average molecular weight is 365 g/mol. The number of hydrogen-bond donors (Lipinski definition) is 1. The van der Waals surface area contributed by atoms with E-state index in [2.05, 4.69) is 10.1 Å². The Morgan fingerprint density at radius 1 is 1.00 bits per heavy atom. The average Bonchev–Trinajstić information content (AvgIpc) is 2.53. The van der Waals surface area contributed by atoms with Crippen LogP contribution in [0.25, 0.3) is 0 Å². The van der Waals surface area contributed by atoms with Gasteiger partial charge in [0.25, 0.3) is 5.91 Å². The van der Waals surface area contributed by atoms with Crippen LogP contribution in [0.3, 0.4) is 0 Å². The van der Waals surface area contributed by atoms with Gasteiger partial charge in [0.1, 0.15) is 5.75 Å². The minimum Gasteiger partial charge on any atom is -0.406 e. The van der Waals surface area contributed by atoms with Crippen LogP contribution >= 0.6 is 0 Å². The molecule has 2 aromatic carbocycles. The standard InChI is InChI=1S/C20H22F3NO2/c1-19(2,3)13-17(24-18(25)15-7-5-4-6-8-15)14-9-11-16(12-10-14)26-20(21,22)23/h4-12,17H,13H2,1-3H3,(H,24,25). The topological polar surface area (TPSA) is 38.3 Å². The Morgan fingerprint density at radius 2 is 1.58 bits per heavy atom. The van der Waals surface area contributed by atoms with E-state index in [0.29, 0.717) is 12.0 Å². The molecule has 0 saturated carbocycles. The molecule has 1 amide bonds. The van der Waals surface area contributed by atoms with Gasteiger partial charge in [0.15, 0.2) is 0 Å². The van der Waals surface area contributed by atoms with Crippen LogP contribution < -0.4 is 10.1 Å². The van der Waals surface area contributed by atoms with Crippen molar-refractivity contribution < 1.29 is 22.7 Å². The number of hydrogen-bond acceptors (Lipinski definition) is 2. The maximum absolute atomic E-state index is 12.5. The molecule has 2 aromatic rings. The van der Waals surface area contributed by atoms with E-state index in [1.165, 1.54) is 12.1 Å². The summed E-state index contributed by atoms with van der Waals surface area (Å²) in [6.45, 7) is 6.11. The molecule has 0 aliphatic rings. The zero-order valence-electron chi connectivity index (χ0n) is 14.9. The second kappa shape index (κ2) is 7.81. The summed E-state index contributed by atoms with van der Waals surface area (Å²) in [4.78, 5) is 12.5. The fourth-order valence-corrected chi connectivity index (χ4v) is 2.60. The molecule has 1 atom stereocenters. The fourth-order valence-electron chi connectivity index (χ4n) is 2.60. The number of alkyl halides is 3. The van der Waals surface area contributed by atoms with Gasteiger partial charge >= 0.3 is 6.36 Å². The monoisotopic (exact) mass is 365 g/mol. The number of amides is 1. The molecule has 3 nitrogen and oxygen atoms in total. The maximum Gasteiger partial charge on any atom is 0.573 e. The summed E-state index contributed by atoms with van der Waals surface area (Å²) in [5.41, 5.74) is 1.16. The first-order chi connectivity index (χ1) is 12.0. The van der Waals surface area contributed by atoms with E-state index >= 15 is 0 Å². The maximum atomic E-state index is 12.5. The zero-order chi connectivity index (χ0) is 19.4. The largest absolute Gasteiger partial charge is 0.573 e. The highest BCUT2D eigenvalue weighted by Crippen LogP contribution is 2.31. The highest BCUT2D eigenvalue weighted by Gasteiger charge is 2.31. The van der Waals surface area contributed by atoms with Crippen molar-refractivity contribution in [1.82, 2.24) is 5.32 Å². The predicted molar refractivity (Wildman–Crippen MR) is 93.8 cm³/mol. The van der Waals surface area contributed by atoms with Gasteiger partial charge in [0.05, 0.1) is 6.04 Å². The summed E-state index contributed by atoms with van der Waals surface area (Å²) in [5.74, 6) is -0.513. The summed E-state index contributed by atoms with van der Waals surface area (Å²) in [5, 5.41) is 2.97. The molecule has 1 N–H and O–H groups in total. The summed E-state index contributed by atoms with van der Waals surface area (Å²) in [6.07, 6.45) is -4.10. The van der Waals surface area contributed by atoms with Crippen LogP contribution in [-0.4, -0.2) is 12.3 Å². The van der Waals surface area contributed by atoms with Crippen molar-refractivity contribution >= 4 is 5.91 Å². The van der Waals surface area contributed by atoms with E-state index in [1.807, 2.05) is 26.8 Å². The molecular formula is C20H22F3NO2. The molecule has 140 valence electrons. The Labute approximate surface area is 151 Å². The smallest absolute Gasteiger partial charge is 0.406 e. The molecule has 0 fully saturated rings. The molecule has 6 heteroatoms. The van der Waals surface area contributed by atoms with Gasteiger partial charge in [-0.05, 0) is 41.7 Å². The third kappa shape index (κ3) is 6.43. The van der Waals surface area contributed by atoms with E-state index in [4.69, 9.17) is 0 Å². The van der Waals surface area contributed by atoms with Gasteiger partial charge in [0, 0.05) is 5.56 Å². The molecular weight excluding hydrogens is 343 g/mol. The minimum absolute atomic E-state index is 0.0875. The van der Waals surface area contributed by atoms with Gasteiger partial charge in [-0.1, -0.05) is 51.1 Å². The lowest BCUT2D eigenvalue weighted by Crippen LogP contribution is -2.31. The van der Waals surface area contributed by atoms with Crippen molar-refractivity contribution in [2.75, 3.05) is 0 Å². The molecule has 0 aliphatic carbocycles. The number of carbonyl (C=O) groups excluding carboxylic acids is 1. The Kier molecular flexibility index (Phi) is 5.95. The first-order valence-corrected chi connectivity index (χ1v) is 8.25. The summed E-state index contributed by atoms with van der Waals surface area (Å²) in [6, 6.07) is 14.1. The van der Waals surface area contributed by atoms with Gasteiger partial charge in [-0.3, -0.25) is 4.79 Å². The molecule has 2 rings (SSSR count). The molecule has 26 heavy (non-hydrogen) atoms. The van der Waals surface area contributed by atoms with Crippen molar-refractivity contribution in [1.29, 1.82) is 0 Å². The zero-order valence-corrected chi connectivity index (χ0v) is 14.9. The molecule has 0 radical (unpaired) electrons. The minimum atomic E-state index is -4.73. The third-order valence-corrected chi connectivity index (χ3v) is 3.67. The Hall–Kier alpha value is -2.50. The SMILES string of the molecule is CC(C)(C)CC(NC(=O)c1ccccc1)c1ccc(OC(F)(F)F)cc1. The normalized spacial score (nSPS) is 13.2. The number of carbonyl (C=O) groups is 1. The van der Waals surface area contributed by atoms with E-state index < -0.39 is 6.36 Å².